The molecule has 1 aromatic rings. The SMILES string of the molecule is N#Cc1cccc(OCC2(CS)CCCC2)c1. The van der Waals surface area contributed by atoms with E-state index in [1.165, 1.54) is 25.7 Å². The van der Waals surface area contributed by atoms with Gasteiger partial charge in [-0.05, 0) is 36.8 Å². The summed E-state index contributed by atoms with van der Waals surface area (Å²) in [5, 5.41) is 8.82. The summed E-state index contributed by atoms with van der Waals surface area (Å²) >= 11 is 4.45. The van der Waals surface area contributed by atoms with Gasteiger partial charge in [-0.25, -0.2) is 0 Å². The van der Waals surface area contributed by atoms with E-state index in [9.17, 15) is 0 Å². The molecule has 1 fully saturated rings. The van der Waals surface area contributed by atoms with Crippen LogP contribution in [0.1, 0.15) is 31.2 Å². The first kappa shape index (κ1) is 12.3. The number of benzene rings is 1. The molecule has 0 N–H and O–H groups in total. The van der Waals surface area contributed by atoms with Crippen molar-refractivity contribution in [2.24, 2.45) is 5.41 Å². The van der Waals surface area contributed by atoms with Crippen molar-refractivity contribution in [1.82, 2.24) is 0 Å². The van der Waals surface area contributed by atoms with Gasteiger partial charge >= 0.3 is 0 Å². The van der Waals surface area contributed by atoms with Crippen molar-refractivity contribution in [2.75, 3.05) is 12.4 Å². The summed E-state index contributed by atoms with van der Waals surface area (Å²) < 4.78 is 5.83. The predicted octanol–water partition coefficient (Wildman–Crippen LogP) is 3.43. The fourth-order valence-corrected chi connectivity index (χ4v) is 2.77. The van der Waals surface area contributed by atoms with Crippen molar-refractivity contribution in [3.63, 3.8) is 0 Å². The summed E-state index contributed by atoms with van der Waals surface area (Å²) in [4.78, 5) is 0. The lowest BCUT2D eigenvalue weighted by atomic mass is 9.90. The van der Waals surface area contributed by atoms with E-state index in [0.29, 0.717) is 12.2 Å². The maximum atomic E-state index is 8.82. The van der Waals surface area contributed by atoms with Gasteiger partial charge in [0.2, 0.25) is 0 Å². The van der Waals surface area contributed by atoms with Crippen LogP contribution in [0, 0.1) is 16.7 Å². The average molecular weight is 247 g/mol. The minimum absolute atomic E-state index is 0.242. The summed E-state index contributed by atoms with van der Waals surface area (Å²) in [6, 6.07) is 9.47. The number of nitriles is 1. The summed E-state index contributed by atoms with van der Waals surface area (Å²) in [6.07, 6.45) is 4.97. The summed E-state index contributed by atoms with van der Waals surface area (Å²) in [7, 11) is 0. The standard InChI is InChI=1S/C14H17NOS/c15-9-12-4-3-5-13(8-12)16-10-14(11-17)6-1-2-7-14/h3-5,8,17H,1-2,6-7,10-11H2. The van der Waals surface area contributed by atoms with Crippen LogP contribution in [0.15, 0.2) is 24.3 Å². The van der Waals surface area contributed by atoms with Crippen LogP contribution >= 0.6 is 12.6 Å². The molecule has 0 spiro atoms. The topological polar surface area (TPSA) is 33.0 Å². The monoisotopic (exact) mass is 247 g/mol. The van der Waals surface area contributed by atoms with E-state index >= 15 is 0 Å². The molecule has 3 heteroatoms. The molecule has 0 saturated heterocycles. The van der Waals surface area contributed by atoms with Gasteiger partial charge < -0.3 is 4.74 Å². The number of ether oxygens (including phenoxy) is 1. The molecule has 0 unspecified atom stereocenters. The zero-order valence-electron chi connectivity index (χ0n) is 9.85. The second-order valence-corrected chi connectivity index (χ2v) is 5.11. The van der Waals surface area contributed by atoms with E-state index in [1.807, 2.05) is 12.1 Å². The van der Waals surface area contributed by atoms with E-state index in [2.05, 4.69) is 18.7 Å². The Kier molecular flexibility index (Phi) is 3.96. The van der Waals surface area contributed by atoms with Crippen molar-refractivity contribution in [3.8, 4) is 11.8 Å². The lowest BCUT2D eigenvalue weighted by molar-refractivity contribution is 0.173. The Balaban J connectivity index is 1.99. The largest absolute Gasteiger partial charge is 0.493 e. The van der Waals surface area contributed by atoms with Gasteiger partial charge in [0.15, 0.2) is 0 Å². The molecule has 1 saturated carbocycles. The third-order valence-electron chi connectivity index (χ3n) is 3.51. The smallest absolute Gasteiger partial charge is 0.120 e. The minimum atomic E-state index is 0.242. The summed E-state index contributed by atoms with van der Waals surface area (Å²) in [6.45, 7) is 0.714. The van der Waals surface area contributed by atoms with Gasteiger partial charge in [-0.3, -0.25) is 0 Å². The first-order valence-corrected chi connectivity index (χ1v) is 6.65. The van der Waals surface area contributed by atoms with Crippen LogP contribution in [0.5, 0.6) is 5.75 Å². The second-order valence-electron chi connectivity index (χ2n) is 4.79. The predicted molar refractivity (Wildman–Crippen MR) is 71.4 cm³/mol. The third kappa shape index (κ3) is 2.95. The van der Waals surface area contributed by atoms with Gasteiger partial charge in [0.25, 0.3) is 0 Å². The number of rotatable bonds is 4. The van der Waals surface area contributed by atoms with E-state index in [-0.39, 0.29) is 5.41 Å². The zero-order chi connectivity index (χ0) is 12.1. The lowest BCUT2D eigenvalue weighted by Crippen LogP contribution is -2.27. The highest BCUT2D eigenvalue weighted by Crippen LogP contribution is 2.39. The zero-order valence-corrected chi connectivity index (χ0v) is 10.7. The number of nitrogens with zero attached hydrogens (tertiary/aromatic N) is 1. The van der Waals surface area contributed by atoms with E-state index in [1.54, 1.807) is 12.1 Å². The van der Waals surface area contributed by atoms with Crippen LogP contribution in [0.4, 0.5) is 0 Å². The fraction of sp³-hybridized carbons (Fsp3) is 0.500. The molecule has 0 amide bonds. The van der Waals surface area contributed by atoms with Gasteiger partial charge in [-0.1, -0.05) is 18.9 Å². The molecule has 0 aromatic heterocycles. The highest BCUT2D eigenvalue weighted by Gasteiger charge is 2.33. The molecule has 0 bridgehead atoms. The second kappa shape index (κ2) is 5.46. The molecule has 1 aromatic carbocycles. The molecule has 2 rings (SSSR count). The maximum absolute atomic E-state index is 8.82. The summed E-state index contributed by atoms with van der Waals surface area (Å²) in [5.74, 6) is 1.67. The van der Waals surface area contributed by atoms with Crippen molar-refractivity contribution in [3.05, 3.63) is 29.8 Å². The third-order valence-corrected chi connectivity index (χ3v) is 4.18. The van der Waals surface area contributed by atoms with Crippen LogP contribution in [-0.4, -0.2) is 12.4 Å². The van der Waals surface area contributed by atoms with Gasteiger partial charge in [0.05, 0.1) is 18.2 Å². The Bertz CT molecular complexity index is 418. The number of hydrogen-bond donors (Lipinski definition) is 1. The molecule has 1 aliphatic carbocycles. The van der Waals surface area contributed by atoms with Crippen LogP contribution < -0.4 is 4.74 Å². The first-order chi connectivity index (χ1) is 8.28. The van der Waals surface area contributed by atoms with Gasteiger partial charge in [0.1, 0.15) is 5.75 Å². The van der Waals surface area contributed by atoms with Crippen LogP contribution in [0.2, 0.25) is 0 Å². The Morgan fingerprint density at radius 3 is 2.76 bits per heavy atom. The van der Waals surface area contributed by atoms with Crippen LogP contribution in [0.3, 0.4) is 0 Å². The molecule has 2 nitrogen and oxygen atoms in total. The van der Waals surface area contributed by atoms with Crippen molar-refractivity contribution in [2.45, 2.75) is 25.7 Å². The molecular weight excluding hydrogens is 230 g/mol. The Labute approximate surface area is 108 Å². The minimum Gasteiger partial charge on any atom is -0.493 e. The van der Waals surface area contributed by atoms with E-state index in [4.69, 9.17) is 10.00 Å². The Hall–Kier alpha value is -1.14. The van der Waals surface area contributed by atoms with E-state index in [0.717, 1.165) is 11.5 Å². The first-order valence-electron chi connectivity index (χ1n) is 6.02. The average Bonchev–Trinajstić information content (AvgIpc) is 2.86. The van der Waals surface area contributed by atoms with Gasteiger partial charge in [-0.2, -0.15) is 17.9 Å². The molecule has 1 aliphatic rings. The van der Waals surface area contributed by atoms with Gasteiger partial charge in [-0.15, -0.1) is 0 Å². The number of thiol groups is 1. The summed E-state index contributed by atoms with van der Waals surface area (Å²) in [5.41, 5.74) is 0.889. The van der Waals surface area contributed by atoms with E-state index < -0.39 is 0 Å². The molecule has 0 atom stereocenters. The molecule has 90 valence electrons. The van der Waals surface area contributed by atoms with Crippen molar-refractivity contribution < 1.29 is 4.74 Å². The highest BCUT2D eigenvalue weighted by atomic mass is 32.1. The Morgan fingerprint density at radius 1 is 1.35 bits per heavy atom. The molecule has 0 radical (unpaired) electrons. The van der Waals surface area contributed by atoms with Crippen molar-refractivity contribution in [1.29, 1.82) is 5.26 Å². The quantitative estimate of drug-likeness (QED) is 0.827. The van der Waals surface area contributed by atoms with Crippen molar-refractivity contribution >= 4 is 12.6 Å². The maximum Gasteiger partial charge on any atom is 0.120 e. The fourth-order valence-electron chi connectivity index (χ4n) is 2.36. The van der Waals surface area contributed by atoms with Crippen LogP contribution in [0.25, 0.3) is 0 Å². The molecule has 0 heterocycles. The number of hydrogen-bond acceptors (Lipinski definition) is 3. The van der Waals surface area contributed by atoms with Gasteiger partial charge in [0, 0.05) is 5.41 Å². The normalized spacial score (nSPS) is 17.6. The Morgan fingerprint density at radius 2 is 2.12 bits per heavy atom. The molecule has 0 aliphatic heterocycles. The molecule has 17 heavy (non-hydrogen) atoms. The highest BCUT2D eigenvalue weighted by molar-refractivity contribution is 7.80. The molecular formula is C14H17NOS. The lowest BCUT2D eigenvalue weighted by Gasteiger charge is -2.26. The van der Waals surface area contributed by atoms with Crippen LogP contribution in [-0.2, 0) is 0 Å².